The molecule has 0 fully saturated rings. The van der Waals surface area contributed by atoms with Gasteiger partial charge in [-0.15, -0.1) is 0 Å². The van der Waals surface area contributed by atoms with Crippen LogP contribution in [-0.2, 0) is 4.79 Å². The van der Waals surface area contributed by atoms with Crippen molar-refractivity contribution in [3.63, 3.8) is 0 Å². The Hall–Kier alpha value is -1.26. The highest BCUT2D eigenvalue weighted by atomic mass is 35.5. The van der Waals surface area contributed by atoms with E-state index in [4.69, 9.17) is 22.4 Å². The monoisotopic (exact) mass is 243 g/mol. The second-order valence-corrected chi connectivity index (χ2v) is 4.10. The van der Waals surface area contributed by atoms with Crippen LogP contribution in [-0.4, -0.2) is 16.2 Å². The number of nitrogens with two attached hydrogens (primary N) is 1. The number of carboxylic acid groups (broad SMARTS) is 1. The molecule has 0 aliphatic rings. The maximum Gasteiger partial charge on any atom is 0.303 e. The number of hydrogen-bond acceptors (Lipinski definition) is 3. The van der Waals surface area contributed by atoms with Gasteiger partial charge in [0, 0.05) is 12.5 Å². The smallest absolute Gasteiger partial charge is 0.303 e. The SMILES string of the molecule is Cc1cc(O)c(Cl)c(C(N)CCC(=O)O)c1. The van der Waals surface area contributed by atoms with Crippen molar-refractivity contribution < 1.29 is 15.0 Å². The van der Waals surface area contributed by atoms with Gasteiger partial charge in [-0.2, -0.15) is 0 Å². The van der Waals surface area contributed by atoms with Crippen molar-refractivity contribution in [2.75, 3.05) is 0 Å². The molecule has 0 saturated heterocycles. The molecule has 0 spiro atoms. The zero-order valence-corrected chi connectivity index (χ0v) is 9.66. The molecule has 0 heterocycles. The topological polar surface area (TPSA) is 83.5 Å². The lowest BCUT2D eigenvalue weighted by molar-refractivity contribution is -0.137. The zero-order chi connectivity index (χ0) is 12.3. The number of phenols is 1. The number of aryl methyl sites for hydroxylation is 1. The van der Waals surface area contributed by atoms with Gasteiger partial charge < -0.3 is 15.9 Å². The van der Waals surface area contributed by atoms with Crippen molar-refractivity contribution in [2.45, 2.75) is 25.8 Å². The van der Waals surface area contributed by atoms with Crippen molar-refractivity contribution in [1.29, 1.82) is 0 Å². The molecule has 0 radical (unpaired) electrons. The van der Waals surface area contributed by atoms with E-state index < -0.39 is 12.0 Å². The molecule has 1 aromatic carbocycles. The minimum atomic E-state index is -0.900. The summed E-state index contributed by atoms with van der Waals surface area (Å²) in [5.74, 6) is -0.925. The first-order valence-corrected chi connectivity index (χ1v) is 5.26. The predicted octanol–water partition coefficient (Wildman–Crippen LogP) is 2.22. The first-order chi connectivity index (χ1) is 7.41. The number of phenolic OH excluding ortho intramolecular Hbond substituents is 1. The highest BCUT2D eigenvalue weighted by molar-refractivity contribution is 6.32. The molecule has 0 bridgehead atoms. The third-order valence-corrected chi connectivity index (χ3v) is 2.71. The summed E-state index contributed by atoms with van der Waals surface area (Å²) >= 11 is 5.90. The quantitative estimate of drug-likeness (QED) is 0.757. The molecule has 0 amide bonds. The average molecular weight is 244 g/mol. The van der Waals surface area contributed by atoms with Crippen molar-refractivity contribution >= 4 is 17.6 Å². The predicted molar refractivity (Wildman–Crippen MR) is 61.7 cm³/mol. The summed E-state index contributed by atoms with van der Waals surface area (Å²) < 4.78 is 0. The van der Waals surface area contributed by atoms with Crippen molar-refractivity contribution in [1.82, 2.24) is 0 Å². The number of carboxylic acids is 1. The van der Waals surface area contributed by atoms with Crippen LogP contribution < -0.4 is 5.73 Å². The van der Waals surface area contributed by atoms with Gasteiger partial charge in [0.25, 0.3) is 0 Å². The third kappa shape index (κ3) is 3.12. The molecule has 4 N–H and O–H groups in total. The standard InChI is InChI=1S/C11H14ClNO3/c1-6-4-7(11(12)9(14)5-6)8(13)2-3-10(15)16/h4-5,8,14H,2-3,13H2,1H3,(H,15,16). The molecule has 1 aromatic rings. The highest BCUT2D eigenvalue weighted by Gasteiger charge is 2.15. The molecule has 0 aliphatic heterocycles. The van der Waals surface area contributed by atoms with E-state index in [2.05, 4.69) is 0 Å². The van der Waals surface area contributed by atoms with Gasteiger partial charge in [0.15, 0.2) is 0 Å². The van der Waals surface area contributed by atoms with Gasteiger partial charge in [0.2, 0.25) is 0 Å². The fraction of sp³-hybridized carbons (Fsp3) is 0.364. The van der Waals surface area contributed by atoms with Crippen LogP contribution in [0.3, 0.4) is 0 Å². The Morgan fingerprint density at radius 2 is 2.19 bits per heavy atom. The highest BCUT2D eigenvalue weighted by Crippen LogP contribution is 2.33. The third-order valence-electron chi connectivity index (χ3n) is 2.29. The summed E-state index contributed by atoms with van der Waals surface area (Å²) in [6.07, 6.45) is 0.268. The summed E-state index contributed by atoms with van der Waals surface area (Å²) in [5, 5.41) is 18.3. The van der Waals surface area contributed by atoms with Gasteiger partial charge in [0.1, 0.15) is 5.75 Å². The molecule has 1 rings (SSSR count). The number of aliphatic carboxylic acids is 1. The minimum Gasteiger partial charge on any atom is -0.506 e. The van der Waals surface area contributed by atoms with E-state index in [1.807, 2.05) is 6.92 Å². The van der Waals surface area contributed by atoms with Crippen molar-refractivity contribution in [2.24, 2.45) is 5.73 Å². The van der Waals surface area contributed by atoms with E-state index in [1.54, 1.807) is 6.07 Å². The molecular weight excluding hydrogens is 230 g/mol. The molecule has 1 unspecified atom stereocenters. The van der Waals surface area contributed by atoms with E-state index in [0.717, 1.165) is 5.56 Å². The zero-order valence-electron chi connectivity index (χ0n) is 8.90. The number of rotatable bonds is 4. The van der Waals surface area contributed by atoms with E-state index in [0.29, 0.717) is 5.56 Å². The lowest BCUT2D eigenvalue weighted by atomic mass is 10.0. The average Bonchev–Trinajstić information content (AvgIpc) is 2.19. The Bertz CT molecular complexity index is 406. The number of halogens is 1. The molecule has 5 heteroatoms. The number of carbonyl (C=O) groups is 1. The van der Waals surface area contributed by atoms with E-state index in [9.17, 15) is 9.90 Å². The van der Waals surface area contributed by atoms with Gasteiger partial charge >= 0.3 is 5.97 Å². The Balaban J connectivity index is 2.90. The van der Waals surface area contributed by atoms with Gasteiger partial charge in [-0.05, 0) is 30.5 Å². The van der Waals surface area contributed by atoms with Gasteiger partial charge in [-0.1, -0.05) is 17.7 Å². The molecule has 0 aliphatic carbocycles. The normalized spacial score (nSPS) is 12.4. The van der Waals surface area contributed by atoms with Crippen LogP contribution in [0, 0.1) is 6.92 Å². The fourth-order valence-corrected chi connectivity index (χ4v) is 1.73. The number of aromatic hydroxyl groups is 1. The first kappa shape index (κ1) is 12.8. The number of hydrogen-bond donors (Lipinski definition) is 3. The van der Waals surface area contributed by atoms with Gasteiger partial charge in [-0.3, -0.25) is 4.79 Å². The lowest BCUT2D eigenvalue weighted by Gasteiger charge is -2.14. The first-order valence-electron chi connectivity index (χ1n) is 4.88. The maximum absolute atomic E-state index is 10.4. The summed E-state index contributed by atoms with van der Waals surface area (Å²) in [6, 6.07) is 2.82. The molecule has 0 aromatic heterocycles. The Kier molecular flexibility index (Phi) is 4.15. The van der Waals surface area contributed by atoms with Crippen LogP contribution in [0.15, 0.2) is 12.1 Å². The molecular formula is C11H14ClNO3. The van der Waals surface area contributed by atoms with E-state index in [-0.39, 0.29) is 23.6 Å². The largest absolute Gasteiger partial charge is 0.506 e. The van der Waals surface area contributed by atoms with Gasteiger partial charge in [-0.25, -0.2) is 0 Å². The second kappa shape index (κ2) is 5.18. The number of benzene rings is 1. The summed E-state index contributed by atoms with van der Waals surface area (Å²) in [7, 11) is 0. The van der Waals surface area contributed by atoms with Crippen LogP contribution >= 0.6 is 11.6 Å². The van der Waals surface area contributed by atoms with Crippen molar-refractivity contribution in [3.05, 3.63) is 28.3 Å². The molecule has 4 nitrogen and oxygen atoms in total. The van der Waals surface area contributed by atoms with E-state index >= 15 is 0 Å². The van der Waals surface area contributed by atoms with Gasteiger partial charge in [0.05, 0.1) is 5.02 Å². The van der Waals surface area contributed by atoms with Crippen LogP contribution in [0.5, 0.6) is 5.75 Å². The minimum absolute atomic E-state index is 0.0216. The lowest BCUT2D eigenvalue weighted by Crippen LogP contribution is -2.13. The van der Waals surface area contributed by atoms with Crippen molar-refractivity contribution in [3.8, 4) is 5.75 Å². The second-order valence-electron chi connectivity index (χ2n) is 3.73. The summed E-state index contributed by atoms with van der Waals surface area (Å²) in [4.78, 5) is 10.4. The summed E-state index contributed by atoms with van der Waals surface area (Å²) in [6.45, 7) is 1.81. The molecule has 0 saturated carbocycles. The van der Waals surface area contributed by atoms with Crippen LogP contribution in [0.2, 0.25) is 5.02 Å². The molecule has 88 valence electrons. The fourth-order valence-electron chi connectivity index (χ4n) is 1.48. The van der Waals surface area contributed by atoms with Crippen LogP contribution in [0.4, 0.5) is 0 Å². The molecule has 1 atom stereocenters. The molecule has 16 heavy (non-hydrogen) atoms. The Morgan fingerprint density at radius 1 is 1.56 bits per heavy atom. The summed E-state index contributed by atoms with van der Waals surface area (Å²) in [5.41, 5.74) is 7.24. The Labute approximate surface area is 98.6 Å². The van der Waals surface area contributed by atoms with Crippen LogP contribution in [0.25, 0.3) is 0 Å². The Morgan fingerprint density at radius 3 is 2.75 bits per heavy atom. The van der Waals surface area contributed by atoms with Crippen LogP contribution in [0.1, 0.15) is 30.0 Å². The van der Waals surface area contributed by atoms with E-state index in [1.165, 1.54) is 6.07 Å². The maximum atomic E-state index is 10.4.